The van der Waals surface area contributed by atoms with Gasteiger partial charge in [0, 0.05) is 36.4 Å². The highest BCUT2D eigenvalue weighted by Gasteiger charge is 2.11. The molecule has 0 radical (unpaired) electrons. The third-order valence-corrected chi connectivity index (χ3v) is 4.21. The average Bonchev–Trinajstić information content (AvgIpc) is 3.15. The van der Waals surface area contributed by atoms with Gasteiger partial charge in [-0.05, 0) is 36.1 Å². The molecule has 3 aromatic heterocycles. The summed E-state index contributed by atoms with van der Waals surface area (Å²) >= 11 is 1.67. The molecule has 5 nitrogen and oxygen atoms in total. The molecular formula is C16H16N4OS. The molecule has 0 atom stereocenters. The van der Waals surface area contributed by atoms with Crippen molar-refractivity contribution in [3.8, 4) is 10.4 Å². The summed E-state index contributed by atoms with van der Waals surface area (Å²) in [4.78, 5) is 17.6. The third kappa shape index (κ3) is 3.07. The SMILES string of the molecule is Cc1cc(C(=O)NCc2cncc(-c3cccs3)c2)n(C)n1. The maximum atomic E-state index is 12.2. The lowest BCUT2D eigenvalue weighted by molar-refractivity contribution is 0.0941. The molecule has 22 heavy (non-hydrogen) atoms. The van der Waals surface area contributed by atoms with E-state index < -0.39 is 0 Å². The summed E-state index contributed by atoms with van der Waals surface area (Å²) < 4.78 is 1.59. The predicted molar refractivity (Wildman–Crippen MR) is 86.7 cm³/mol. The van der Waals surface area contributed by atoms with Crippen LogP contribution in [0.4, 0.5) is 0 Å². The molecule has 0 bridgehead atoms. The summed E-state index contributed by atoms with van der Waals surface area (Å²) in [6, 6.07) is 7.89. The Hall–Kier alpha value is -2.47. The molecule has 3 heterocycles. The number of carbonyl (C=O) groups is 1. The number of rotatable bonds is 4. The number of aryl methyl sites for hydroxylation is 2. The van der Waals surface area contributed by atoms with Gasteiger partial charge in [-0.25, -0.2) is 0 Å². The minimum absolute atomic E-state index is 0.135. The van der Waals surface area contributed by atoms with Crippen LogP contribution in [0.1, 0.15) is 21.7 Å². The Balaban J connectivity index is 1.70. The van der Waals surface area contributed by atoms with Crippen molar-refractivity contribution >= 4 is 17.2 Å². The minimum Gasteiger partial charge on any atom is -0.347 e. The fourth-order valence-corrected chi connectivity index (χ4v) is 2.97. The van der Waals surface area contributed by atoms with E-state index in [4.69, 9.17) is 0 Å². The highest BCUT2D eigenvalue weighted by molar-refractivity contribution is 7.13. The van der Waals surface area contributed by atoms with E-state index in [-0.39, 0.29) is 5.91 Å². The molecular weight excluding hydrogens is 296 g/mol. The molecule has 0 aliphatic heterocycles. The highest BCUT2D eigenvalue weighted by Crippen LogP contribution is 2.24. The second-order valence-corrected chi connectivity index (χ2v) is 5.98. The molecule has 0 spiro atoms. The van der Waals surface area contributed by atoms with Crippen molar-refractivity contribution in [1.82, 2.24) is 20.1 Å². The van der Waals surface area contributed by atoms with Gasteiger partial charge in [-0.3, -0.25) is 14.5 Å². The lowest BCUT2D eigenvalue weighted by Crippen LogP contribution is -2.25. The van der Waals surface area contributed by atoms with Crippen molar-refractivity contribution in [2.45, 2.75) is 13.5 Å². The van der Waals surface area contributed by atoms with Crippen molar-refractivity contribution in [3.63, 3.8) is 0 Å². The van der Waals surface area contributed by atoms with Gasteiger partial charge in [0.1, 0.15) is 5.69 Å². The van der Waals surface area contributed by atoms with E-state index >= 15 is 0 Å². The van der Waals surface area contributed by atoms with Crippen molar-refractivity contribution < 1.29 is 4.79 Å². The van der Waals surface area contributed by atoms with E-state index in [0.717, 1.165) is 16.8 Å². The maximum absolute atomic E-state index is 12.2. The number of hydrogen-bond donors (Lipinski definition) is 1. The molecule has 1 amide bonds. The van der Waals surface area contributed by atoms with Crippen LogP contribution >= 0.6 is 11.3 Å². The Kier molecular flexibility index (Phi) is 4.02. The number of amides is 1. The zero-order valence-electron chi connectivity index (χ0n) is 12.4. The molecule has 0 aromatic carbocycles. The van der Waals surface area contributed by atoms with Crippen LogP contribution in [0.25, 0.3) is 10.4 Å². The third-order valence-electron chi connectivity index (χ3n) is 3.29. The van der Waals surface area contributed by atoms with Crippen molar-refractivity contribution in [1.29, 1.82) is 0 Å². The first-order valence-electron chi connectivity index (χ1n) is 6.90. The number of thiophene rings is 1. The molecule has 3 rings (SSSR count). The van der Waals surface area contributed by atoms with Crippen LogP contribution in [-0.2, 0) is 13.6 Å². The van der Waals surface area contributed by atoms with Gasteiger partial charge in [-0.2, -0.15) is 5.10 Å². The molecule has 0 saturated heterocycles. The van der Waals surface area contributed by atoms with Crippen molar-refractivity contribution in [3.05, 3.63) is 59.0 Å². The van der Waals surface area contributed by atoms with E-state index in [1.165, 1.54) is 4.88 Å². The summed E-state index contributed by atoms with van der Waals surface area (Å²) in [5, 5.41) is 9.12. The lowest BCUT2D eigenvalue weighted by Gasteiger charge is -2.06. The van der Waals surface area contributed by atoms with Gasteiger partial charge < -0.3 is 5.32 Å². The number of carbonyl (C=O) groups excluding carboxylic acids is 1. The summed E-state index contributed by atoms with van der Waals surface area (Å²) in [7, 11) is 1.76. The van der Waals surface area contributed by atoms with E-state index in [1.807, 2.05) is 30.6 Å². The fourth-order valence-electron chi connectivity index (χ4n) is 2.26. The van der Waals surface area contributed by atoms with Crippen LogP contribution in [0, 0.1) is 6.92 Å². The second-order valence-electron chi connectivity index (χ2n) is 5.04. The molecule has 1 N–H and O–H groups in total. The predicted octanol–water partition coefficient (Wildman–Crippen LogP) is 2.78. The largest absolute Gasteiger partial charge is 0.347 e. The number of nitrogens with zero attached hydrogens (tertiary/aromatic N) is 3. The fraction of sp³-hybridized carbons (Fsp3) is 0.188. The zero-order chi connectivity index (χ0) is 15.5. The van der Waals surface area contributed by atoms with Crippen LogP contribution in [-0.4, -0.2) is 20.7 Å². The second kappa shape index (κ2) is 6.11. The number of nitrogens with one attached hydrogen (secondary N) is 1. The Bertz CT molecular complexity index is 792. The molecule has 3 aromatic rings. The Morgan fingerprint density at radius 2 is 2.23 bits per heavy atom. The quantitative estimate of drug-likeness (QED) is 0.806. The van der Waals surface area contributed by atoms with E-state index in [0.29, 0.717) is 12.2 Å². The molecule has 0 saturated carbocycles. The topological polar surface area (TPSA) is 59.8 Å². The Morgan fingerprint density at radius 1 is 1.36 bits per heavy atom. The number of hydrogen-bond acceptors (Lipinski definition) is 4. The first-order chi connectivity index (χ1) is 10.6. The Labute approximate surface area is 132 Å². The first-order valence-corrected chi connectivity index (χ1v) is 7.78. The van der Waals surface area contributed by atoms with E-state index in [2.05, 4.69) is 21.5 Å². The average molecular weight is 312 g/mol. The summed E-state index contributed by atoms with van der Waals surface area (Å²) in [5.41, 5.74) is 3.42. The van der Waals surface area contributed by atoms with Gasteiger partial charge in [0.25, 0.3) is 5.91 Å². The van der Waals surface area contributed by atoms with Gasteiger partial charge in [0.2, 0.25) is 0 Å². The van der Waals surface area contributed by atoms with Crippen LogP contribution in [0.15, 0.2) is 42.0 Å². The highest BCUT2D eigenvalue weighted by atomic mass is 32.1. The zero-order valence-corrected chi connectivity index (χ0v) is 13.2. The first kappa shape index (κ1) is 14.5. The van der Waals surface area contributed by atoms with Gasteiger partial charge in [0.05, 0.1) is 5.69 Å². The monoisotopic (exact) mass is 312 g/mol. The van der Waals surface area contributed by atoms with Crippen LogP contribution in [0.3, 0.4) is 0 Å². The van der Waals surface area contributed by atoms with Gasteiger partial charge in [-0.1, -0.05) is 6.07 Å². The van der Waals surface area contributed by atoms with Crippen molar-refractivity contribution in [2.75, 3.05) is 0 Å². The van der Waals surface area contributed by atoms with E-state index in [1.54, 1.807) is 35.3 Å². The smallest absolute Gasteiger partial charge is 0.269 e. The van der Waals surface area contributed by atoms with E-state index in [9.17, 15) is 4.79 Å². The summed E-state index contributed by atoms with van der Waals surface area (Å²) in [6.07, 6.45) is 3.60. The van der Waals surface area contributed by atoms with Crippen LogP contribution in [0.2, 0.25) is 0 Å². The van der Waals surface area contributed by atoms with Gasteiger partial charge in [0.15, 0.2) is 0 Å². The minimum atomic E-state index is -0.135. The molecule has 0 unspecified atom stereocenters. The normalized spacial score (nSPS) is 10.6. The van der Waals surface area contributed by atoms with Crippen LogP contribution in [0.5, 0.6) is 0 Å². The number of aromatic nitrogens is 3. The standard InChI is InChI=1S/C16H16N4OS/c1-11-6-14(20(2)19-11)16(21)18-9-12-7-13(10-17-8-12)15-4-3-5-22-15/h3-8,10H,9H2,1-2H3,(H,18,21). The lowest BCUT2D eigenvalue weighted by atomic mass is 10.2. The molecule has 0 fully saturated rings. The summed E-state index contributed by atoms with van der Waals surface area (Å²) in [5.74, 6) is -0.135. The molecule has 0 aliphatic carbocycles. The van der Waals surface area contributed by atoms with Crippen LogP contribution < -0.4 is 5.32 Å². The Morgan fingerprint density at radius 3 is 2.91 bits per heavy atom. The summed E-state index contributed by atoms with van der Waals surface area (Å²) in [6.45, 7) is 2.31. The van der Waals surface area contributed by atoms with Gasteiger partial charge in [-0.15, -0.1) is 11.3 Å². The number of pyridine rings is 1. The molecule has 6 heteroatoms. The molecule has 0 aliphatic rings. The molecule has 112 valence electrons. The van der Waals surface area contributed by atoms with Gasteiger partial charge >= 0.3 is 0 Å². The maximum Gasteiger partial charge on any atom is 0.269 e. The van der Waals surface area contributed by atoms with Crippen molar-refractivity contribution in [2.24, 2.45) is 7.05 Å².